The maximum absolute atomic E-state index is 10.0. The second-order valence-corrected chi connectivity index (χ2v) is 7.84. The lowest BCUT2D eigenvalue weighted by Gasteiger charge is -2.14. The second-order valence-electron chi connectivity index (χ2n) is 6.11. The number of hydrogen-bond donors (Lipinski definition) is 3. The first-order valence-corrected chi connectivity index (χ1v) is 9.92. The van der Waals surface area contributed by atoms with Gasteiger partial charge in [-0.25, -0.2) is 4.98 Å². The van der Waals surface area contributed by atoms with Crippen LogP contribution in [0, 0.1) is 0 Å². The van der Waals surface area contributed by atoms with Gasteiger partial charge in [-0.05, 0) is 48.5 Å². The van der Waals surface area contributed by atoms with Crippen molar-refractivity contribution in [3.63, 3.8) is 0 Å². The smallest absolute Gasteiger partial charge is 0.139 e. The van der Waals surface area contributed by atoms with E-state index in [9.17, 15) is 5.11 Å². The fraction of sp³-hybridized carbons (Fsp3) is 0. The molecule has 140 valence electrons. The molecule has 0 aliphatic rings. The van der Waals surface area contributed by atoms with E-state index < -0.39 is 0 Å². The van der Waals surface area contributed by atoms with Crippen LogP contribution in [0.3, 0.4) is 0 Å². The van der Waals surface area contributed by atoms with E-state index in [2.05, 4.69) is 31.5 Å². The Morgan fingerprint density at radius 3 is 2.43 bits per heavy atom. The van der Waals surface area contributed by atoms with E-state index >= 15 is 0 Å². The van der Waals surface area contributed by atoms with Crippen LogP contribution in [0.15, 0.2) is 71.2 Å². The number of rotatable bonds is 4. The van der Waals surface area contributed by atoms with Gasteiger partial charge in [0.25, 0.3) is 0 Å². The van der Waals surface area contributed by atoms with Gasteiger partial charge in [0.15, 0.2) is 0 Å². The summed E-state index contributed by atoms with van der Waals surface area (Å²) in [6.07, 6.45) is 0. The molecule has 0 bridgehead atoms. The Balaban J connectivity index is 1.79. The van der Waals surface area contributed by atoms with Crippen LogP contribution >= 0.6 is 39.1 Å². The molecule has 4 aromatic rings. The molecule has 0 saturated carbocycles. The molecule has 0 amide bonds. The zero-order chi connectivity index (χ0) is 19.7. The molecule has 0 radical (unpaired) electrons. The van der Waals surface area contributed by atoms with Crippen molar-refractivity contribution in [1.29, 1.82) is 0 Å². The summed E-state index contributed by atoms with van der Waals surface area (Å²) >= 11 is 15.7. The molecular weight excluding hydrogens is 461 g/mol. The van der Waals surface area contributed by atoms with Crippen LogP contribution in [-0.4, -0.2) is 10.1 Å². The summed E-state index contributed by atoms with van der Waals surface area (Å²) in [6, 6.07) is 20.1. The fourth-order valence-corrected chi connectivity index (χ4v) is 3.47. The molecule has 4 nitrogen and oxygen atoms in total. The number of aromatic hydroxyl groups is 1. The molecule has 3 N–H and O–H groups in total. The van der Waals surface area contributed by atoms with Gasteiger partial charge in [0.1, 0.15) is 11.6 Å². The first-order valence-electron chi connectivity index (χ1n) is 8.37. The highest BCUT2D eigenvalue weighted by atomic mass is 79.9. The molecule has 28 heavy (non-hydrogen) atoms. The Kier molecular flexibility index (Phi) is 5.31. The van der Waals surface area contributed by atoms with Crippen molar-refractivity contribution < 1.29 is 5.11 Å². The van der Waals surface area contributed by atoms with Gasteiger partial charge in [-0.15, -0.1) is 0 Å². The number of nitrogens with one attached hydrogen (secondary N) is 2. The summed E-state index contributed by atoms with van der Waals surface area (Å²) in [5.74, 6) is 0.748. The van der Waals surface area contributed by atoms with Gasteiger partial charge in [-0.2, -0.15) is 0 Å². The van der Waals surface area contributed by atoms with Crippen LogP contribution in [-0.2, 0) is 0 Å². The van der Waals surface area contributed by atoms with Crippen LogP contribution in [0.4, 0.5) is 22.9 Å². The summed E-state index contributed by atoms with van der Waals surface area (Å²) in [4.78, 5) is 4.66. The Morgan fingerprint density at radius 1 is 0.821 bits per heavy atom. The minimum atomic E-state index is 0.152. The molecule has 1 aromatic heterocycles. The number of phenols is 1. The van der Waals surface area contributed by atoms with Gasteiger partial charge in [-0.3, -0.25) is 0 Å². The van der Waals surface area contributed by atoms with Crippen LogP contribution < -0.4 is 10.6 Å². The van der Waals surface area contributed by atoms with Crippen molar-refractivity contribution in [1.82, 2.24) is 4.98 Å². The quantitative estimate of drug-likeness (QED) is 0.268. The topological polar surface area (TPSA) is 57.2 Å². The van der Waals surface area contributed by atoms with Crippen molar-refractivity contribution in [3.05, 3.63) is 81.2 Å². The minimum Gasteiger partial charge on any atom is -0.506 e. The number of fused-ring (bicyclic) bond motifs is 1. The average molecular weight is 475 g/mol. The molecule has 7 heteroatoms. The predicted octanol–water partition coefficient (Wildman–Crippen LogP) is 7.50. The second kappa shape index (κ2) is 7.87. The number of halogens is 3. The van der Waals surface area contributed by atoms with Gasteiger partial charge < -0.3 is 15.7 Å². The van der Waals surface area contributed by atoms with Gasteiger partial charge in [0, 0.05) is 21.6 Å². The molecule has 0 saturated heterocycles. The van der Waals surface area contributed by atoms with Crippen LogP contribution in [0.5, 0.6) is 5.75 Å². The first kappa shape index (κ1) is 18.9. The number of benzene rings is 3. The molecule has 0 atom stereocenters. The van der Waals surface area contributed by atoms with Crippen LogP contribution in [0.1, 0.15) is 0 Å². The number of hydrogen-bond acceptors (Lipinski definition) is 4. The van der Waals surface area contributed by atoms with Crippen LogP contribution in [0.2, 0.25) is 10.0 Å². The number of nitrogens with zero attached hydrogens (tertiary/aromatic N) is 1. The third-order valence-electron chi connectivity index (χ3n) is 4.14. The number of aromatic nitrogens is 1. The number of phenolic OH excluding ortho intramolecular Hbond substituents is 1. The molecule has 1 heterocycles. The lowest BCUT2D eigenvalue weighted by Crippen LogP contribution is -1.98. The normalized spacial score (nSPS) is 10.8. The minimum absolute atomic E-state index is 0.152. The SMILES string of the molecule is Oc1ccccc1Nc1cc(Nc2ccc(Cl)c(Cl)c2)c2cc(Br)ccc2n1. The molecule has 0 aliphatic carbocycles. The highest BCUT2D eigenvalue weighted by molar-refractivity contribution is 9.10. The summed E-state index contributed by atoms with van der Waals surface area (Å²) in [7, 11) is 0. The Bertz CT molecular complexity index is 1180. The first-order chi connectivity index (χ1) is 13.5. The van der Waals surface area contributed by atoms with E-state index in [1.165, 1.54) is 0 Å². The van der Waals surface area contributed by atoms with Gasteiger partial charge >= 0.3 is 0 Å². The monoisotopic (exact) mass is 473 g/mol. The highest BCUT2D eigenvalue weighted by Crippen LogP contribution is 2.34. The maximum atomic E-state index is 10.0. The fourth-order valence-electron chi connectivity index (χ4n) is 2.81. The van der Waals surface area contributed by atoms with E-state index in [1.807, 2.05) is 36.4 Å². The number of para-hydroxylation sites is 2. The molecule has 0 unspecified atom stereocenters. The molecule has 0 spiro atoms. The van der Waals surface area contributed by atoms with E-state index in [-0.39, 0.29) is 5.75 Å². The maximum Gasteiger partial charge on any atom is 0.139 e. The summed E-state index contributed by atoms with van der Waals surface area (Å²) in [6.45, 7) is 0. The molecule has 0 aliphatic heterocycles. The summed E-state index contributed by atoms with van der Waals surface area (Å²) in [5, 5.41) is 18.5. The van der Waals surface area contributed by atoms with Crippen molar-refractivity contribution in [3.8, 4) is 5.75 Å². The van der Waals surface area contributed by atoms with Crippen molar-refractivity contribution >= 4 is 72.9 Å². The summed E-state index contributed by atoms with van der Waals surface area (Å²) in [5.41, 5.74) is 3.01. The lowest BCUT2D eigenvalue weighted by atomic mass is 10.1. The van der Waals surface area contributed by atoms with E-state index in [1.54, 1.807) is 30.3 Å². The highest BCUT2D eigenvalue weighted by Gasteiger charge is 2.10. The van der Waals surface area contributed by atoms with E-state index in [4.69, 9.17) is 23.2 Å². The number of pyridine rings is 1. The molecule has 4 rings (SSSR count). The van der Waals surface area contributed by atoms with Gasteiger partial charge in [-0.1, -0.05) is 51.3 Å². The summed E-state index contributed by atoms with van der Waals surface area (Å²) < 4.78 is 0.945. The van der Waals surface area contributed by atoms with Gasteiger partial charge in [0.2, 0.25) is 0 Å². The third kappa shape index (κ3) is 4.02. The van der Waals surface area contributed by atoms with Crippen molar-refractivity contribution in [2.45, 2.75) is 0 Å². The molecule has 0 fully saturated rings. The largest absolute Gasteiger partial charge is 0.506 e. The Morgan fingerprint density at radius 2 is 1.64 bits per heavy atom. The zero-order valence-electron chi connectivity index (χ0n) is 14.4. The van der Waals surface area contributed by atoms with Gasteiger partial charge in [0.05, 0.1) is 26.9 Å². The zero-order valence-corrected chi connectivity index (χ0v) is 17.5. The third-order valence-corrected chi connectivity index (χ3v) is 5.37. The molecular formula is C21H14BrCl2N3O. The van der Waals surface area contributed by atoms with Crippen LogP contribution in [0.25, 0.3) is 10.9 Å². The Labute approximate surface area is 180 Å². The standard InChI is InChI=1S/C21H14BrCl2N3O/c22-12-5-8-17-14(9-12)19(25-13-6-7-15(23)16(24)10-13)11-21(26-17)27-18-3-1-2-4-20(18)28/h1-11,28H,(H2,25,26,27). The Hall–Kier alpha value is -2.47. The lowest BCUT2D eigenvalue weighted by molar-refractivity contribution is 0.477. The van der Waals surface area contributed by atoms with E-state index in [0.29, 0.717) is 21.6 Å². The number of anilines is 4. The average Bonchev–Trinajstić information content (AvgIpc) is 2.67. The van der Waals surface area contributed by atoms with E-state index in [0.717, 1.165) is 26.8 Å². The predicted molar refractivity (Wildman–Crippen MR) is 121 cm³/mol. The van der Waals surface area contributed by atoms with Crippen molar-refractivity contribution in [2.75, 3.05) is 10.6 Å². The molecule has 3 aromatic carbocycles. The van der Waals surface area contributed by atoms with Crippen molar-refractivity contribution in [2.24, 2.45) is 0 Å².